The number of benzene rings is 1. The first-order chi connectivity index (χ1) is 5.65. The van der Waals surface area contributed by atoms with E-state index in [1.165, 1.54) is 13.2 Å². The van der Waals surface area contributed by atoms with E-state index in [1.807, 2.05) is 0 Å². The lowest BCUT2D eigenvalue weighted by Gasteiger charge is -2.07. The van der Waals surface area contributed by atoms with Crippen LogP contribution in [0.4, 0.5) is 4.39 Å². The molecule has 0 aliphatic carbocycles. The summed E-state index contributed by atoms with van der Waals surface area (Å²) in [5, 5.41) is 0. The average molecular weight is 169 g/mol. The Hall–Kier alpha value is -1.09. The van der Waals surface area contributed by atoms with Gasteiger partial charge in [0.15, 0.2) is 0 Å². The SMILES string of the molecule is COc1ccc([C@H](C)N)c(F)c1. The fourth-order valence-corrected chi connectivity index (χ4v) is 1.00. The molecule has 1 atom stereocenters. The maximum atomic E-state index is 13.1. The molecule has 0 spiro atoms. The summed E-state index contributed by atoms with van der Waals surface area (Å²) in [5.74, 6) is 0.196. The summed E-state index contributed by atoms with van der Waals surface area (Å²) in [6.45, 7) is 1.74. The minimum absolute atomic E-state index is 0.282. The van der Waals surface area contributed by atoms with E-state index in [4.69, 9.17) is 10.5 Å². The highest BCUT2D eigenvalue weighted by atomic mass is 19.1. The third-order valence-electron chi connectivity index (χ3n) is 1.70. The number of rotatable bonds is 2. The number of halogens is 1. The van der Waals surface area contributed by atoms with Gasteiger partial charge in [0.2, 0.25) is 0 Å². The second-order valence-corrected chi connectivity index (χ2v) is 2.68. The Balaban J connectivity index is 3.03. The Morgan fingerprint density at radius 1 is 1.50 bits per heavy atom. The third kappa shape index (κ3) is 1.74. The van der Waals surface area contributed by atoms with Crippen molar-refractivity contribution in [3.05, 3.63) is 29.6 Å². The lowest BCUT2D eigenvalue weighted by atomic mass is 10.1. The predicted molar refractivity (Wildman–Crippen MR) is 45.6 cm³/mol. The molecule has 0 aliphatic rings. The zero-order valence-electron chi connectivity index (χ0n) is 7.17. The molecule has 0 saturated heterocycles. The maximum Gasteiger partial charge on any atom is 0.131 e. The standard InChI is InChI=1S/C9H12FNO/c1-6(11)8-4-3-7(12-2)5-9(8)10/h3-6H,11H2,1-2H3/t6-/m0/s1. The molecular formula is C9H12FNO. The molecule has 1 aromatic carbocycles. The van der Waals surface area contributed by atoms with Crippen LogP contribution in [0.3, 0.4) is 0 Å². The van der Waals surface area contributed by atoms with E-state index in [0.717, 1.165) is 0 Å². The Bertz CT molecular complexity index is 273. The van der Waals surface area contributed by atoms with Crippen LogP contribution in [0.2, 0.25) is 0 Å². The lowest BCUT2D eigenvalue weighted by molar-refractivity contribution is 0.410. The summed E-state index contributed by atoms with van der Waals surface area (Å²) >= 11 is 0. The second kappa shape index (κ2) is 3.54. The fourth-order valence-electron chi connectivity index (χ4n) is 1.00. The molecule has 3 heteroatoms. The molecule has 2 nitrogen and oxygen atoms in total. The van der Waals surface area contributed by atoms with Crippen LogP contribution < -0.4 is 10.5 Å². The molecule has 0 radical (unpaired) electrons. The van der Waals surface area contributed by atoms with E-state index in [0.29, 0.717) is 11.3 Å². The van der Waals surface area contributed by atoms with Crippen molar-refractivity contribution in [2.45, 2.75) is 13.0 Å². The molecule has 0 aromatic heterocycles. The van der Waals surface area contributed by atoms with Crippen molar-refractivity contribution in [3.8, 4) is 5.75 Å². The van der Waals surface area contributed by atoms with Crippen molar-refractivity contribution in [1.29, 1.82) is 0 Å². The fraction of sp³-hybridized carbons (Fsp3) is 0.333. The predicted octanol–water partition coefficient (Wildman–Crippen LogP) is 1.85. The molecule has 12 heavy (non-hydrogen) atoms. The number of methoxy groups -OCH3 is 1. The van der Waals surface area contributed by atoms with Gasteiger partial charge in [-0.25, -0.2) is 4.39 Å². The quantitative estimate of drug-likeness (QED) is 0.733. The highest BCUT2D eigenvalue weighted by Gasteiger charge is 2.06. The van der Waals surface area contributed by atoms with Gasteiger partial charge in [0.1, 0.15) is 11.6 Å². The molecule has 0 fully saturated rings. The Morgan fingerprint density at radius 3 is 2.58 bits per heavy atom. The molecule has 66 valence electrons. The first kappa shape index (κ1) is 9.00. The molecule has 0 saturated carbocycles. The van der Waals surface area contributed by atoms with Gasteiger partial charge in [0.05, 0.1) is 7.11 Å². The van der Waals surface area contributed by atoms with Crippen molar-refractivity contribution in [3.63, 3.8) is 0 Å². The van der Waals surface area contributed by atoms with Crippen molar-refractivity contribution in [1.82, 2.24) is 0 Å². The van der Waals surface area contributed by atoms with E-state index >= 15 is 0 Å². The topological polar surface area (TPSA) is 35.2 Å². The summed E-state index contributed by atoms with van der Waals surface area (Å²) in [6, 6.07) is 4.38. The zero-order chi connectivity index (χ0) is 9.14. The van der Waals surface area contributed by atoms with Crippen LogP contribution in [-0.2, 0) is 0 Å². The molecular weight excluding hydrogens is 157 g/mol. The van der Waals surface area contributed by atoms with Gasteiger partial charge < -0.3 is 10.5 Å². The molecule has 2 N–H and O–H groups in total. The van der Waals surface area contributed by atoms with Gasteiger partial charge in [-0.3, -0.25) is 0 Å². The van der Waals surface area contributed by atoms with Gasteiger partial charge in [-0.05, 0) is 13.0 Å². The van der Waals surface area contributed by atoms with Crippen LogP contribution in [0.5, 0.6) is 5.75 Å². The Kier molecular flexibility index (Phi) is 2.65. The van der Waals surface area contributed by atoms with Crippen LogP contribution in [0.25, 0.3) is 0 Å². The summed E-state index contributed by atoms with van der Waals surface area (Å²) < 4.78 is 18.0. The summed E-state index contributed by atoms with van der Waals surface area (Å²) in [7, 11) is 1.50. The van der Waals surface area contributed by atoms with Crippen molar-refractivity contribution < 1.29 is 9.13 Å². The Labute approximate surface area is 71.1 Å². The van der Waals surface area contributed by atoms with Gasteiger partial charge in [-0.1, -0.05) is 6.07 Å². The van der Waals surface area contributed by atoms with Crippen molar-refractivity contribution >= 4 is 0 Å². The second-order valence-electron chi connectivity index (χ2n) is 2.68. The highest BCUT2D eigenvalue weighted by Crippen LogP contribution is 2.19. The molecule has 0 aliphatic heterocycles. The number of hydrogen-bond acceptors (Lipinski definition) is 2. The van der Waals surface area contributed by atoms with E-state index in [9.17, 15) is 4.39 Å². The molecule has 0 heterocycles. The average Bonchev–Trinajstić information content (AvgIpc) is 2.03. The number of nitrogens with two attached hydrogens (primary N) is 1. The third-order valence-corrected chi connectivity index (χ3v) is 1.70. The first-order valence-electron chi connectivity index (χ1n) is 3.74. The van der Waals surface area contributed by atoms with E-state index in [-0.39, 0.29) is 11.9 Å². The summed E-state index contributed by atoms with van der Waals surface area (Å²) in [4.78, 5) is 0. The van der Waals surface area contributed by atoms with E-state index < -0.39 is 0 Å². The Morgan fingerprint density at radius 2 is 2.17 bits per heavy atom. The summed E-state index contributed by atoms with van der Waals surface area (Å²) in [6.07, 6.45) is 0. The minimum atomic E-state index is -0.315. The van der Waals surface area contributed by atoms with E-state index in [1.54, 1.807) is 19.1 Å². The molecule has 1 rings (SSSR count). The number of ether oxygens (including phenoxy) is 1. The van der Waals surface area contributed by atoms with Crippen LogP contribution in [0, 0.1) is 5.82 Å². The van der Waals surface area contributed by atoms with Gasteiger partial charge in [0.25, 0.3) is 0 Å². The normalized spacial score (nSPS) is 12.7. The lowest BCUT2D eigenvalue weighted by Crippen LogP contribution is -2.07. The van der Waals surface area contributed by atoms with Gasteiger partial charge in [-0.2, -0.15) is 0 Å². The van der Waals surface area contributed by atoms with Gasteiger partial charge >= 0.3 is 0 Å². The van der Waals surface area contributed by atoms with Crippen molar-refractivity contribution in [2.75, 3.05) is 7.11 Å². The smallest absolute Gasteiger partial charge is 0.131 e. The maximum absolute atomic E-state index is 13.1. The first-order valence-corrected chi connectivity index (χ1v) is 3.74. The number of hydrogen-bond donors (Lipinski definition) is 1. The minimum Gasteiger partial charge on any atom is -0.497 e. The zero-order valence-corrected chi connectivity index (χ0v) is 7.17. The summed E-state index contributed by atoms with van der Waals surface area (Å²) in [5.41, 5.74) is 6.04. The molecule has 0 bridgehead atoms. The molecule has 0 unspecified atom stereocenters. The van der Waals surface area contributed by atoms with Gasteiger partial charge in [-0.15, -0.1) is 0 Å². The monoisotopic (exact) mass is 169 g/mol. The highest BCUT2D eigenvalue weighted by molar-refractivity contribution is 5.30. The van der Waals surface area contributed by atoms with Crippen molar-refractivity contribution in [2.24, 2.45) is 5.73 Å². The van der Waals surface area contributed by atoms with Crippen LogP contribution in [0.15, 0.2) is 18.2 Å². The van der Waals surface area contributed by atoms with Crippen LogP contribution in [0.1, 0.15) is 18.5 Å². The van der Waals surface area contributed by atoms with E-state index in [2.05, 4.69) is 0 Å². The van der Waals surface area contributed by atoms with Crippen LogP contribution in [-0.4, -0.2) is 7.11 Å². The van der Waals surface area contributed by atoms with Crippen LogP contribution >= 0.6 is 0 Å². The molecule has 0 amide bonds. The molecule has 1 aromatic rings. The van der Waals surface area contributed by atoms with Gasteiger partial charge in [0, 0.05) is 17.7 Å². The largest absolute Gasteiger partial charge is 0.497 e.